The van der Waals surface area contributed by atoms with E-state index in [0.29, 0.717) is 5.69 Å². The van der Waals surface area contributed by atoms with Crippen LogP contribution < -0.4 is 0 Å². The SMILES string of the molecule is O=C(O)c1ccnc(/C=C/c2nccn2CC(F)(F)F)c1. The Balaban J connectivity index is 2.20. The first kappa shape index (κ1) is 14.8. The van der Waals surface area contributed by atoms with Crippen molar-refractivity contribution in [2.45, 2.75) is 12.7 Å². The van der Waals surface area contributed by atoms with Crippen molar-refractivity contribution >= 4 is 18.1 Å². The molecule has 0 saturated carbocycles. The molecule has 110 valence electrons. The molecule has 1 N–H and O–H groups in total. The predicted molar refractivity (Wildman–Crippen MR) is 68.4 cm³/mol. The van der Waals surface area contributed by atoms with Gasteiger partial charge in [0, 0.05) is 18.6 Å². The Kier molecular flexibility index (Phi) is 4.06. The maximum absolute atomic E-state index is 12.4. The van der Waals surface area contributed by atoms with Gasteiger partial charge < -0.3 is 9.67 Å². The van der Waals surface area contributed by atoms with E-state index in [0.717, 1.165) is 4.57 Å². The van der Waals surface area contributed by atoms with E-state index in [1.54, 1.807) is 0 Å². The summed E-state index contributed by atoms with van der Waals surface area (Å²) in [5.74, 6) is -1.000. The molecule has 0 radical (unpaired) electrons. The number of imidazole rings is 1. The van der Waals surface area contributed by atoms with Gasteiger partial charge in [0.15, 0.2) is 0 Å². The third-order valence-electron chi connectivity index (χ3n) is 2.53. The number of carboxylic acids is 1. The second kappa shape index (κ2) is 5.78. The van der Waals surface area contributed by atoms with Crippen LogP contribution in [-0.4, -0.2) is 31.8 Å². The monoisotopic (exact) mass is 297 g/mol. The van der Waals surface area contributed by atoms with Crippen LogP contribution in [-0.2, 0) is 6.54 Å². The van der Waals surface area contributed by atoms with E-state index in [2.05, 4.69) is 9.97 Å². The third-order valence-corrected chi connectivity index (χ3v) is 2.53. The number of pyridine rings is 1. The standard InChI is InChI=1S/C13H10F3N3O2/c14-13(15,16)8-19-6-5-18-11(19)2-1-10-7-9(12(20)21)3-4-17-10/h1-7H,8H2,(H,20,21)/b2-1+. The van der Waals surface area contributed by atoms with Crippen molar-refractivity contribution < 1.29 is 23.1 Å². The number of aromatic carboxylic acids is 1. The lowest BCUT2D eigenvalue weighted by atomic mass is 10.2. The van der Waals surface area contributed by atoms with Crippen LogP contribution in [0.3, 0.4) is 0 Å². The highest BCUT2D eigenvalue weighted by molar-refractivity contribution is 5.88. The zero-order valence-electron chi connectivity index (χ0n) is 10.6. The molecule has 0 aliphatic carbocycles. The predicted octanol–water partition coefficient (Wildman–Crippen LogP) is 2.71. The molecule has 0 spiro atoms. The highest BCUT2D eigenvalue weighted by atomic mass is 19.4. The van der Waals surface area contributed by atoms with Gasteiger partial charge in [-0.25, -0.2) is 9.78 Å². The molecule has 0 amide bonds. The molecule has 0 aliphatic heterocycles. The fraction of sp³-hybridized carbons (Fsp3) is 0.154. The van der Waals surface area contributed by atoms with Crippen molar-refractivity contribution in [2.24, 2.45) is 0 Å². The van der Waals surface area contributed by atoms with Crippen LogP contribution in [0.5, 0.6) is 0 Å². The summed E-state index contributed by atoms with van der Waals surface area (Å²) in [7, 11) is 0. The average molecular weight is 297 g/mol. The van der Waals surface area contributed by atoms with Gasteiger partial charge in [-0.05, 0) is 24.3 Å². The number of nitrogens with zero attached hydrogens (tertiary/aromatic N) is 3. The second-order valence-electron chi connectivity index (χ2n) is 4.14. The minimum atomic E-state index is -4.34. The Bertz CT molecular complexity index is 677. The molecular formula is C13H10F3N3O2. The largest absolute Gasteiger partial charge is 0.478 e. The van der Waals surface area contributed by atoms with Gasteiger partial charge >= 0.3 is 12.1 Å². The first-order valence-electron chi connectivity index (χ1n) is 5.80. The maximum atomic E-state index is 12.4. The molecule has 8 heteroatoms. The van der Waals surface area contributed by atoms with Crippen LogP contribution in [0, 0.1) is 0 Å². The van der Waals surface area contributed by atoms with Crippen LogP contribution in [0.1, 0.15) is 21.9 Å². The molecule has 0 aromatic carbocycles. The molecule has 0 bridgehead atoms. The van der Waals surface area contributed by atoms with Crippen molar-refractivity contribution in [3.63, 3.8) is 0 Å². The topological polar surface area (TPSA) is 68.0 Å². The summed E-state index contributed by atoms with van der Waals surface area (Å²) in [6.45, 7) is -1.14. The Hall–Kier alpha value is -2.64. The molecule has 0 unspecified atom stereocenters. The molecule has 2 aromatic heterocycles. The maximum Gasteiger partial charge on any atom is 0.406 e. The van der Waals surface area contributed by atoms with Crippen molar-refractivity contribution in [3.8, 4) is 0 Å². The number of hydrogen-bond donors (Lipinski definition) is 1. The fourth-order valence-corrected chi connectivity index (χ4v) is 1.64. The van der Waals surface area contributed by atoms with Gasteiger partial charge in [0.2, 0.25) is 0 Å². The summed E-state index contributed by atoms with van der Waals surface area (Å²) in [5.41, 5.74) is 0.361. The van der Waals surface area contributed by atoms with Crippen LogP contribution in [0.15, 0.2) is 30.7 Å². The molecule has 0 aliphatic rings. The van der Waals surface area contributed by atoms with Gasteiger partial charge in [0.05, 0.1) is 11.3 Å². The molecule has 5 nitrogen and oxygen atoms in total. The van der Waals surface area contributed by atoms with Gasteiger partial charge in [0.25, 0.3) is 0 Å². The Morgan fingerprint density at radius 2 is 2.05 bits per heavy atom. The van der Waals surface area contributed by atoms with E-state index in [1.807, 2.05) is 0 Å². The summed E-state index contributed by atoms with van der Waals surface area (Å²) in [5, 5.41) is 8.84. The molecule has 2 rings (SSSR count). The lowest BCUT2D eigenvalue weighted by molar-refractivity contribution is -0.140. The summed E-state index contributed by atoms with van der Waals surface area (Å²) < 4.78 is 38.0. The van der Waals surface area contributed by atoms with Gasteiger partial charge in [-0.2, -0.15) is 13.2 Å². The lowest BCUT2D eigenvalue weighted by Gasteiger charge is -2.08. The van der Waals surface area contributed by atoms with E-state index in [1.165, 1.54) is 42.9 Å². The average Bonchev–Trinajstić information content (AvgIpc) is 2.81. The Morgan fingerprint density at radius 3 is 2.71 bits per heavy atom. The van der Waals surface area contributed by atoms with Crippen molar-refractivity contribution in [3.05, 3.63) is 47.8 Å². The summed E-state index contributed by atoms with van der Waals surface area (Å²) in [6, 6.07) is 2.64. The smallest absolute Gasteiger partial charge is 0.406 e. The quantitative estimate of drug-likeness (QED) is 0.942. The first-order valence-corrected chi connectivity index (χ1v) is 5.80. The van der Waals surface area contributed by atoms with Gasteiger partial charge in [-0.3, -0.25) is 4.98 Å². The number of carbonyl (C=O) groups is 1. The van der Waals surface area contributed by atoms with E-state index in [9.17, 15) is 18.0 Å². The third kappa shape index (κ3) is 4.16. The molecule has 0 atom stereocenters. The second-order valence-corrected chi connectivity index (χ2v) is 4.14. The highest BCUT2D eigenvalue weighted by Crippen LogP contribution is 2.19. The highest BCUT2D eigenvalue weighted by Gasteiger charge is 2.28. The van der Waals surface area contributed by atoms with Gasteiger partial charge in [-0.15, -0.1) is 0 Å². The molecular weight excluding hydrogens is 287 g/mol. The fourth-order valence-electron chi connectivity index (χ4n) is 1.64. The number of carboxylic acid groups (broad SMARTS) is 1. The number of hydrogen-bond acceptors (Lipinski definition) is 3. The van der Waals surface area contributed by atoms with Gasteiger partial charge in [0.1, 0.15) is 12.4 Å². The van der Waals surface area contributed by atoms with Crippen molar-refractivity contribution in [1.82, 2.24) is 14.5 Å². The Labute approximate surface area is 117 Å². The van der Waals surface area contributed by atoms with E-state index >= 15 is 0 Å². The summed E-state index contributed by atoms with van der Waals surface area (Å²) in [4.78, 5) is 18.5. The normalized spacial score (nSPS) is 12.0. The van der Waals surface area contributed by atoms with Crippen LogP contribution in [0.25, 0.3) is 12.2 Å². The number of halogens is 3. The summed E-state index contributed by atoms with van der Waals surface area (Å²) in [6.07, 6.45) is 2.19. The van der Waals surface area contributed by atoms with E-state index < -0.39 is 18.7 Å². The zero-order valence-corrected chi connectivity index (χ0v) is 10.6. The Morgan fingerprint density at radius 1 is 1.29 bits per heavy atom. The van der Waals surface area contributed by atoms with Gasteiger partial charge in [-0.1, -0.05) is 0 Å². The molecule has 0 fully saturated rings. The van der Waals surface area contributed by atoms with E-state index in [-0.39, 0.29) is 11.4 Å². The molecule has 0 saturated heterocycles. The van der Waals surface area contributed by atoms with Crippen LogP contribution >= 0.6 is 0 Å². The van der Waals surface area contributed by atoms with Crippen molar-refractivity contribution in [2.75, 3.05) is 0 Å². The number of alkyl halides is 3. The first-order chi connectivity index (χ1) is 9.85. The molecule has 21 heavy (non-hydrogen) atoms. The zero-order chi connectivity index (χ0) is 15.5. The van der Waals surface area contributed by atoms with Crippen molar-refractivity contribution in [1.29, 1.82) is 0 Å². The minimum Gasteiger partial charge on any atom is -0.478 e. The minimum absolute atomic E-state index is 0.0447. The lowest BCUT2D eigenvalue weighted by Crippen LogP contribution is -2.17. The number of rotatable bonds is 4. The summed E-state index contributed by atoms with van der Waals surface area (Å²) >= 11 is 0. The van der Waals surface area contributed by atoms with E-state index in [4.69, 9.17) is 5.11 Å². The van der Waals surface area contributed by atoms with Crippen LogP contribution in [0.4, 0.5) is 13.2 Å². The number of aromatic nitrogens is 3. The molecule has 2 heterocycles. The molecule has 2 aromatic rings. The van der Waals surface area contributed by atoms with Crippen LogP contribution in [0.2, 0.25) is 0 Å².